The Kier molecular flexibility index (Phi) is 8.68. The number of carbonyl (C=O) groups excluding carboxylic acids is 1. The Bertz CT molecular complexity index is 844. The first-order valence-corrected chi connectivity index (χ1v) is 8.62. The number of rotatable bonds is 2. The van der Waals surface area contributed by atoms with Gasteiger partial charge in [-0.1, -0.05) is 55.8 Å². The Hall–Kier alpha value is -2.16. The zero-order valence-electron chi connectivity index (χ0n) is 16.3. The fourth-order valence-corrected chi connectivity index (χ4v) is 2.87. The maximum atomic E-state index is 10.0. The fraction of sp³-hybridized carbons (Fsp3) is 0.261. The third-order valence-corrected chi connectivity index (χ3v) is 3.82. The van der Waals surface area contributed by atoms with Crippen LogP contribution in [0.3, 0.4) is 0 Å². The van der Waals surface area contributed by atoms with Crippen molar-refractivity contribution in [2.45, 2.75) is 40.7 Å². The first-order valence-electron chi connectivity index (χ1n) is 8.62. The molecule has 1 unspecified atom stereocenters. The maximum Gasteiger partial charge on any atom is 0.155 e. The van der Waals surface area contributed by atoms with Gasteiger partial charge in [-0.2, -0.15) is 34.9 Å². The molecule has 0 saturated carbocycles. The van der Waals surface area contributed by atoms with E-state index in [2.05, 4.69) is 69.3 Å². The minimum absolute atomic E-state index is 0. The number of aliphatic hydroxyl groups is 1. The molecule has 2 aromatic rings. The van der Waals surface area contributed by atoms with Crippen LogP contribution in [-0.2, 0) is 24.9 Å². The van der Waals surface area contributed by atoms with Crippen molar-refractivity contribution in [3.63, 3.8) is 0 Å². The zero-order valence-corrected chi connectivity index (χ0v) is 18.7. The zero-order chi connectivity index (χ0) is 19.3. The summed E-state index contributed by atoms with van der Waals surface area (Å²) in [6, 6.07) is 14.2. The second kappa shape index (κ2) is 10.2. The van der Waals surface area contributed by atoms with E-state index >= 15 is 0 Å². The number of carbonyl (C=O) groups is 1. The summed E-state index contributed by atoms with van der Waals surface area (Å²) in [5, 5.41) is 13.2. The summed E-state index contributed by atoms with van der Waals surface area (Å²) in [6.07, 6.45) is 5.50. The number of nitrogens with zero attached hydrogens (tertiary/aromatic N) is 1. The van der Waals surface area contributed by atoms with Crippen molar-refractivity contribution in [2.75, 3.05) is 0 Å². The molecule has 27 heavy (non-hydrogen) atoms. The van der Waals surface area contributed by atoms with Crippen molar-refractivity contribution in [2.24, 2.45) is 0 Å². The number of aryl methyl sites for hydroxylation is 3. The number of hydrogen-bond acceptors (Lipinski definition) is 2. The second-order valence-corrected chi connectivity index (χ2v) is 6.69. The predicted octanol–water partition coefficient (Wildman–Crippen LogP) is 6.22. The maximum absolute atomic E-state index is 10.0. The Labute approximate surface area is 175 Å². The van der Waals surface area contributed by atoms with Gasteiger partial charge >= 0.3 is 0 Å². The van der Waals surface area contributed by atoms with Crippen LogP contribution < -0.4 is 0 Å². The summed E-state index contributed by atoms with van der Waals surface area (Å²) >= 11 is 0. The van der Waals surface area contributed by atoms with E-state index in [1.807, 2.05) is 0 Å². The smallest absolute Gasteiger partial charge is 0.155 e. The van der Waals surface area contributed by atoms with Gasteiger partial charge in [-0.15, -0.1) is 5.69 Å². The van der Waals surface area contributed by atoms with Gasteiger partial charge in [-0.3, -0.25) is 4.79 Å². The van der Waals surface area contributed by atoms with Crippen LogP contribution in [0.15, 0.2) is 48.2 Å². The molecule has 1 atom stereocenters. The van der Waals surface area contributed by atoms with Crippen LogP contribution in [0.4, 0.5) is 5.69 Å². The second-order valence-electron chi connectivity index (χ2n) is 6.69. The van der Waals surface area contributed by atoms with Crippen LogP contribution in [0.25, 0.3) is 11.4 Å². The van der Waals surface area contributed by atoms with Gasteiger partial charge in [0.1, 0.15) is 0 Å². The van der Waals surface area contributed by atoms with Crippen molar-refractivity contribution >= 4 is 17.5 Å². The summed E-state index contributed by atoms with van der Waals surface area (Å²) in [5.41, 5.74) is 7.15. The molecule has 4 heteroatoms. The molecule has 145 valence electrons. The third-order valence-electron chi connectivity index (χ3n) is 3.82. The Morgan fingerprint density at radius 3 is 2.37 bits per heavy atom. The van der Waals surface area contributed by atoms with Crippen molar-refractivity contribution in [3.05, 3.63) is 87.4 Å². The number of ketones is 1. The molecule has 1 radical (unpaired) electrons. The van der Waals surface area contributed by atoms with E-state index in [0.29, 0.717) is 0 Å². The topological polar surface area (TPSA) is 51.4 Å². The number of allylic oxidation sites excluding steroid dienone is 2. The standard InChI is InChI=1S/C18H17N.C5H8O2.Ir/c1-12-4-6-17-15(9-12)5-7-18(19-17)16-10-13(2)8-14(3)11-16;1-4(6)3-5(2)7;/h4-10,18H,1-3H3;3,6H,1-2H3;/q-2;;/b;4-3-;. The fourth-order valence-electron chi connectivity index (χ4n) is 2.87. The number of hydrogen-bond donors (Lipinski definition) is 1. The molecule has 3 rings (SSSR count). The largest absolute Gasteiger partial charge is 0.676 e. The minimum atomic E-state index is -0.125. The molecule has 1 N–H and O–H groups in total. The molecular formula is C23H25IrNO2-2. The van der Waals surface area contributed by atoms with Crippen molar-refractivity contribution in [1.29, 1.82) is 0 Å². The molecule has 1 heterocycles. The first-order chi connectivity index (χ1) is 12.2. The molecule has 1 aliphatic heterocycles. The van der Waals surface area contributed by atoms with Crippen molar-refractivity contribution in [1.82, 2.24) is 0 Å². The molecule has 1 aliphatic rings. The summed E-state index contributed by atoms with van der Waals surface area (Å²) < 4.78 is 0. The van der Waals surface area contributed by atoms with Gasteiger partial charge in [0.25, 0.3) is 0 Å². The SMILES string of the molecule is CC(=O)/C=C(/C)O.Cc1[c-]c(C2C=Cc3cc(C)ccc3[N-]2)cc(C)c1.[Ir]. The quantitative estimate of drug-likeness (QED) is 0.280. The molecular weight excluding hydrogens is 514 g/mol. The molecule has 0 bridgehead atoms. The minimum Gasteiger partial charge on any atom is -0.676 e. The Morgan fingerprint density at radius 2 is 1.81 bits per heavy atom. The number of fused-ring (bicyclic) bond motifs is 1. The van der Waals surface area contributed by atoms with Crippen molar-refractivity contribution < 1.29 is 30.0 Å². The van der Waals surface area contributed by atoms with E-state index in [1.165, 1.54) is 42.2 Å². The van der Waals surface area contributed by atoms with Gasteiger partial charge in [0, 0.05) is 26.2 Å². The molecule has 0 spiro atoms. The van der Waals surface area contributed by atoms with Crippen LogP contribution in [0, 0.1) is 26.8 Å². The van der Waals surface area contributed by atoms with Crippen LogP contribution in [0.2, 0.25) is 0 Å². The predicted molar refractivity (Wildman–Crippen MR) is 108 cm³/mol. The summed E-state index contributed by atoms with van der Waals surface area (Å²) in [7, 11) is 0. The summed E-state index contributed by atoms with van der Waals surface area (Å²) in [6.45, 7) is 9.16. The summed E-state index contributed by atoms with van der Waals surface area (Å²) in [4.78, 5) is 10.0. The molecule has 0 aromatic heterocycles. The Morgan fingerprint density at radius 1 is 1.11 bits per heavy atom. The molecule has 0 fully saturated rings. The van der Waals surface area contributed by atoms with E-state index < -0.39 is 0 Å². The Balaban J connectivity index is 0.000000395. The van der Waals surface area contributed by atoms with Crippen LogP contribution in [0.5, 0.6) is 0 Å². The molecule has 0 saturated heterocycles. The molecule has 2 aromatic carbocycles. The van der Waals surface area contributed by atoms with Crippen molar-refractivity contribution in [3.8, 4) is 0 Å². The van der Waals surface area contributed by atoms with Gasteiger partial charge < -0.3 is 10.4 Å². The number of aliphatic hydroxyl groups excluding tert-OH is 1. The van der Waals surface area contributed by atoms with E-state index in [9.17, 15) is 4.79 Å². The van der Waals surface area contributed by atoms with E-state index in [0.717, 1.165) is 11.3 Å². The van der Waals surface area contributed by atoms with Crippen LogP contribution in [0.1, 0.15) is 47.7 Å². The van der Waals surface area contributed by atoms with Gasteiger partial charge in [-0.05, 0) is 26.3 Å². The summed E-state index contributed by atoms with van der Waals surface area (Å²) in [5.74, 6) is -0.0625. The average Bonchev–Trinajstić information content (AvgIpc) is 2.52. The molecule has 0 amide bonds. The van der Waals surface area contributed by atoms with E-state index in [-0.39, 0.29) is 37.7 Å². The van der Waals surface area contributed by atoms with Crippen LogP contribution in [-0.4, -0.2) is 10.9 Å². The van der Waals surface area contributed by atoms with Gasteiger partial charge in [0.15, 0.2) is 5.78 Å². The molecule has 3 nitrogen and oxygen atoms in total. The monoisotopic (exact) mass is 540 g/mol. The average molecular weight is 540 g/mol. The van der Waals surface area contributed by atoms with Gasteiger partial charge in [0.2, 0.25) is 0 Å². The van der Waals surface area contributed by atoms with Crippen LogP contribution >= 0.6 is 0 Å². The third kappa shape index (κ3) is 7.16. The van der Waals surface area contributed by atoms with E-state index in [4.69, 9.17) is 10.4 Å². The molecule has 0 aliphatic carbocycles. The number of benzene rings is 2. The normalized spacial score (nSPS) is 14.9. The van der Waals surface area contributed by atoms with Gasteiger partial charge in [-0.25, -0.2) is 0 Å². The van der Waals surface area contributed by atoms with Gasteiger partial charge in [0.05, 0.1) is 5.76 Å². The van der Waals surface area contributed by atoms with E-state index in [1.54, 1.807) is 0 Å². The first kappa shape index (κ1) is 22.9.